The fourth-order valence-electron chi connectivity index (χ4n) is 3.90. The summed E-state index contributed by atoms with van der Waals surface area (Å²) in [4.78, 5) is 12.3. The molecule has 0 spiro atoms. The molecule has 2 heterocycles. The minimum Gasteiger partial charge on any atom is -0.353 e. The molecule has 158 valence electrons. The third-order valence-electron chi connectivity index (χ3n) is 5.53. The lowest BCUT2D eigenvalue weighted by atomic mass is 9.95. The normalized spacial score (nSPS) is 14.8. The highest BCUT2D eigenvalue weighted by Crippen LogP contribution is 2.31. The molecule has 0 unspecified atom stereocenters. The van der Waals surface area contributed by atoms with E-state index in [1.165, 1.54) is 36.6 Å². The summed E-state index contributed by atoms with van der Waals surface area (Å²) in [7, 11) is 3.84. The summed E-state index contributed by atoms with van der Waals surface area (Å²) < 4.78 is 3.73. The summed E-state index contributed by atoms with van der Waals surface area (Å²) in [5.74, 6) is 1.16. The van der Waals surface area contributed by atoms with Crippen molar-refractivity contribution < 1.29 is 4.79 Å². The number of amides is 1. The Balaban J connectivity index is 1.48. The topological polar surface area (TPSA) is 77.6 Å². The quantitative estimate of drug-likeness (QED) is 0.610. The number of nitrogens with one attached hydrogen (secondary N) is 1. The highest BCUT2D eigenvalue weighted by atomic mass is 32.2. The first-order valence-corrected chi connectivity index (χ1v) is 11.4. The van der Waals surface area contributed by atoms with Crippen molar-refractivity contribution in [1.29, 1.82) is 0 Å². The molecule has 1 fully saturated rings. The lowest BCUT2D eigenvalue weighted by Gasteiger charge is -2.22. The summed E-state index contributed by atoms with van der Waals surface area (Å²) in [5, 5.41) is 17.3. The molecule has 2 aromatic heterocycles. The van der Waals surface area contributed by atoms with Crippen molar-refractivity contribution in [2.75, 3.05) is 5.75 Å². The molecule has 1 aliphatic rings. The number of nitrogens with zero attached hydrogens (tertiary/aromatic N) is 5. The molecular formula is C22H28N6OS. The maximum Gasteiger partial charge on any atom is 0.230 e. The monoisotopic (exact) mass is 424 g/mol. The van der Waals surface area contributed by atoms with E-state index in [4.69, 9.17) is 0 Å². The van der Waals surface area contributed by atoms with Gasteiger partial charge in [-0.15, -0.1) is 10.2 Å². The second-order valence-electron chi connectivity index (χ2n) is 7.99. The number of thioether (sulfide) groups is 1. The lowest BCUT2D eigenvalue weighted by molar-refractivity contribution is -0.119. The zero-order chi connectivity index (χ0) is 21.1. The van der Waals surface area contributed by atoms with E-state index in [1.807, 2.05) is 24.9 Å². The molecular weight excluding hydrogens is 396 g/mol. The summed E-state index contributed by atoms with van der Waals surface area (Å²) >= 11 is 1.42. The molecule has 0 atom stereocenters. The van der Waals surface area contributed by atoms with Gasteiger partial charge in [-0.3, -0.25) is 9.48 Å². The van der Waals surface area contributed by atoms with Crippen LogP contribution < -0.4 is 5.32 Å². The molecule has 0 radical (unpaired) electrons. The summed E-state index contributed by atoms with van der Waals surface area (Å²) in [5.41, 5.74) is 4.05. The molecule has 4 rings (SSSR count). The number of hydrogen-bond acceptors (Lipinski definition) is 5. The van der Waals surface area contributed by atoms with Gasteiger partial charge in [0.1, 0.15) is 5.69 Å². The van der Waals surface area contributed by atoms with E-state index >= 15 is 0 Å². The van der Waals surface area contributed by atoms with Crippen molar-refractivity contribution in [1.82, 2.24) is 29.9 Å². The van der Waals surface area contributed by atoms with Crippen LogP contribution in [0.3, 0.4) is 0 Å². The smallest absolute Gasteiger partial charge is 0.230 e. The van der Waals surface area contributed by atoms with Crippen LogP contribution in [0, 0.1) is 6.92 Å². The molecule has 0 saturated heterocycles. The Labute approximate surface area is 181 Å². The van der Waals surface area contributed by atoms with Gasteiger partial charge < -0.3 is 9.88 Å². The fourth-order valence-corrected chi connectivity index (χ4v) is 4.62. The van der Waals surface area contributed by atoms with E-state index < -0.39 is 0 Å². The van der Waals surface area contributed by atoms with Gasteiger partial charge in [-0.1, -0.05) is 60.9 Å². The Kier molecular flexibility index (Phi) is 6.22. The van der Waals surface area contributed by atoms with Gasteiger partial charge in [-0.2, -0.15) is 5.10 Å². The van der Waals surface area contributed by atoms with E-state index in [2.05, 4.69) is 51.8 Å². The van der Waals surface area contributed by atoms with Crippen molar-refractivity contribution in [3.05, 3.63) is 36.0 Å². The highest BCUT2D eigenvalue weighted by molar-refractivity contribution is 7.99. The standard InChI is InChI=1S/C22H28N6OS/c1-15-9-11-16(12-10-15)20-18(13-27(2)26-20)21-24-25-22(28(21)3)30-14-19(29)23-17-7-5-4-6-8-17/h9-13,17H,4-8,14H2,1-3H3,(H,23,29). The predicted octanol–water partition coefficient (Wildman–Crippen LogP) is 3.73. The Hall–Kier alpha value is -2.61. The Morgan fingerprint density at radius 1 is 1.13 bits per heavy atom. The first-order chi connectivity index (χ1) is 14.5. The first-order valence-electron chi connectivity index (χ1n) is 10.4. The summed E-state index contributed by atoms with van der Waals surface area (Å²) in [6.45, 7) is 2.07. The van der Waals surface area contributed by atoms with Gasteiger partial charge in [0.25, 0.3) is 0 Å². The van der Waals surface area contributed by atoms with Crippen LogP contribution in [0.1, 0.15) is 37.7 Å². The minimum absolute atomic E-state index is 0.0678. The number of aromatic nitrogens is 5. The SMILES string of the molecule is Cc1ccc(-c2nn(C)cc2-c2nnc(SCC(=O)NC3CCCCC3)n2C)cc1. The summed E-state index contributed by atoms with van der Waals surface area (Å²) in [6.07, 6.45) is 7.84. The van der Waals surface area contributed by atoms with E-state index in [1.54, 1.807) is 4.68 Å². The van der Waals surface area contributed by atoms with Gasteiger partial charge in [0.2, 0.25) is 5.91 Å². The average molecular weight is 425 g/mol. The zero-order valence-electron chi connectivity index (χ0n) is 17.8. The second kappa shape index (κ2) is 9.04. The maximum atomic E-state index is 12.3. The van der Waals surface area contributed by atoms with Crippen molar-refractivity contribution in [2.45, 2.75) is 50.2 Å². The number of rotatable bonds is 6. The third-order valence-corrected chi connectivity index (χ3v) is 6.55. The van der Waals surface area contributed by atoms with Gasteiger partial charge >= 0.3 is 0 Å². The van der Waals surface area contributed by atoms with Crippen molar-refractivity contribution in [3.8, 4) is 22.6 Å². The van der Waals surface area contributed by atoms with Crippen LogP contribution in [0.5, 0.6) is 0 Å². The largest absolute Gasteiger partial charge is 0.353 e. The molecule has 1 amide bonds. The van der Waals surface area contributed by atoms with Gasteiger partial charge in [0, 0.05) is 31.9 Å². The van der Waals surface area contributed by atoms with Crippen LogP contribution in [-0.2, 0) is 18.9 Å². The molecule has 1 saturated carbocycles. The van der Waals surface area contributed by atoms with Crippen molar-refractivity contribution in [2.24, 2.45) is 14.1 Å². The molecule has 1 N–H and O–H groups in total. The van der Waals surface area contributed by atoms with Crippen LogP contribution in [0.25, 0.3) is 22.6 Å². The Bertz CT molecular complexity index is 1020. The van der Waals surface area contributed by atoms with Gasteiger partial charge in [0.05, 0.1) is 11.3 Å². The number of aryl methyl sites for hydroxylation is 2. The molecule has 1 aromatic carbocycles. The predicted molar refractivity (Wildman–Crippen MR) is 119 cm³/mol. The van der Waals surface area contributed by atoms with Crippen molar-refractivity contribution >= 4 is 17.7 Å². The number of benzene rings is 1. The fraction of sp³-hybridized carbons (Fsp3) is 0.455. The van der Waals surface area contributed by atoms with Gasteiger partial charge in [-0.05, 0) is 19.8 Å². The summed E-state index contributed by atoms with van der Waals surface area (Å²) in [6, 6.07) is 8.63. The van der Waals surface area contributed by atoms with Gasteiger partial charge in [-0.25, -0.2) is 0 Å². The van der Waals surface area contributed by atoms with Crippen LogP contribution >= 0.6 is 11.8 Å². The lowest BCUT2D eigenvalue weighted by Crippen LogP contribution is -2.37. The van der Waals surface area contributed by atoms with Crippen LogP contribution in [0.15, 0.2) is 35.6 Å². The third kappa shape index (κ3) is 4.59. The van der Waals surface area contributed by atoms with E-state index in [0.717, 1.165) is 40.6 Å². The van der Waals surface area contributed by atoms with Gasteiger partial charge in [0.15, 0.2) is 11.0 Å². The Morgan fingerprint density at radius 3 is 2.60 bits per heavy atom. The molecule has 8 heteroatoms. The number of carbonyl (C=O) groups excluding carboxylic acids is 1. The molecule has 3 aromatic rings. The number of hydrogen-bond donors (Lipinski definition) is 1. The van der Waals surface area contributed by atoms with E-state index in [0.29, 0.717) is 11.8 Å². The van der Waals surface area contributed by atoms with Crippen LogP contribution in [0.2, 0.25) is 0 Å². The van der Waals surface area contributed by atoms with E-state index in [-0.39, 0.29) is 5.91 Å². The maximum absolute atomic E-state index is 12.3. The first kappa shape index (κ1) is 20.7. The number of carbonyl (C=O) groups is 1. The molecule has 30 heavy (non-hydrogen) atoms. The average Bonchev–Trinajstić information content (AvgIpc) is 3.30. The zero-order valence-corrected chi connectivity index (χ0v) is 18.6. The molecule has 1 aliphatic carbocycles. The molecule has 7 nitrogen and oxygen atoms in total. The van der Waals surface area contributed by atoms with Crippen LogP contribution in [-0.4, -0.2) is 42.2 Å². The van der Waals surface area contributed by atoms with Crippen molar-refractivity contribution in [3.63, 3.8) is 0 Å². The minimum atomic E-state index is 0.0678. The molecule has 0 bridgehead atoms. The Morgan fingerprint density at radius 2 is 1.87 bits per heavy atom. The van der Waals surface area contributed by atoms with E-state index in [9.17, 15) is 4.79 Å². The van der Waals surface area contributed by atoms with Crippen LogP contribution in [0.4, 0.5) is 0 Å². The molecule has 0 aliphatic heterocycles. The second-order valence-corrected chi connectivity index (χ2v) is 8.93. The highest BCUT2D eigenvalue weighted by Gasteiger charge is 2.20.